The Labute approximate surface area is 116 Å². The zero-order chi connectivity index (χ0) is 12.4. The minimum Gasteiger partial charge on any atom is -0.454 e. The van der Waals surface area contributed by atoms with Crippen LogP contribution in [0.1, 0.15) is 31.2 Å². The van der Waals surface area contributed by atoms with Gasteiger partial charge in [0, 0.05) is 6.54 Å². The number of hydrogen-bond donors (Lipinski definition) is 1. The average molecular weight is 312 g/mol. The van der Waals surface area contributed by atoms with Crippen LogP contribution in [0.25, 0.3) is 0 Å². The Hall–Kier alpha value is -0.740. The fourth-order valence-corrected chi connectivity index (χ4v) is 2.88. The molecule has 1 aromatic rings. The van der Waals surface area contributed by atoms with Gasteiger partial charge in [0.25, 0.3) is 0 Å². The highest BCUT2D eigenvalue weighted by atomic mass is 79.9. The molecule has 2 aliphatic rings. The molecule has 0 atom stereocenters. The summed E-state index contributed by atoms with van der Waals surface area (Å²) in [6, 6.07) is 4.16. The third kappa shape index (κ3) is 2.98. The minimum absolute atomic E-state index is 0.326. The minimum atomic E-state index is 0.326. The van der Waals surface area contributed by atoms with Crippen LogP contribution in [-0.4, -0.2) is 13.3 Å². The molecular formula is C14H18BrNO2. The van der Waals surface area contributed by atoms with Crippen molar-refractivity contribution >= 4 is 15.9 Å². The third-order valence-corrected chi connectivity index (χ3v) is 4.07. The summed E-state index contributed by atoms with van der Waals surface area (Å²) in [5.41, 5.74) is 1.23. The number of ether oxygens (including phenoxy) is 2. The first-order valence-electron chi connectivity index (χ1n) is 6.61. The molecule has 18 heavy (non-hydrogen) atoms. The number of benzene rings is 1. The van der Waals surface area contributed by atoms with E-state index < -0.39 is 0 Å². The number of fused-ring (bicyclic) bond motifs is 1. The van der Waals surface area contributed by atoms with E-state index in [1.54, 1.807) is 0 Å². The highest BCUT2D eigenvalue weighted by molar-refractivity contribution is 9.10. The lowest BCUT2D eigenvalue weighted by Crippen LogP contribution is -2.14. The van der Waals surface area contributed by atoms with E-state index in [1.165, 1.54) is 31.2 Å². The first-order valence-corrected chi connectivity index (χ1v) is 7.41. The lowest BCUT2D eigenvalue weighted by atomic mass is 10.2. The highest BCUT2D eigenvalue weighted by Crippen LogP contribution is 2.39. The lowest BCUT2D eigenvalue weighted by Gasteiger charge is -2.07. The molecule has 1 heterocycles. The van der Waals surface area contributed by atoms with E-state index in [-0.39, 0.29) is 0 Å². The molecule has 1 aromatic carbocycles. The lowest BCUT2D eigenvalue weighted by molar-refractivity contribution is 0.173. The van der Waals surface area contributed by atoms with E-state index in [2.05, 4.69) is 33.4 Å². The molecular weight excluding hydrogens is 294 g/mol. The van der Waals surface area contributed by atoms with Gasteiger partial charge in [-0.05, 0) is 58.9 Å². The smallest absolute Gasteiger partial charge is 0.231 e. The van der Waals surface area contributed by atoms with Crippen molar-refractivity contribution in [1.82, 2.24) is 5.32 Å². The average Bonchev–Trinajstić information content (AvgIpc) is 3.05. The van der Waals surface area contributed by atoms with Crippen molar-refractivity contribution in [3.63, 3.8) is 0 Å². The molecule has 1 aliphatic heterocycles. The van der Waals surface area contributed by atoms with Crippen molar-refractivity contribution in [3.05, 3.63) is 22.2 Å². The summed E-state index contributed by atoms with van der Waals surface area (Å²) in [7, 11) is 0. The molecule has 0 spiro atoms. The first-order chi connectivity index (χ1) is 8.83. The summed E-state index contributed by atoms with van der Waals surface area (Å²) in [5.74, 6) is 2.71. The van der Waals surface area contributed by atoms with E-state index in [0.717, 1.165) is 35.0 Å². The number of halogens is 1. The maximum absolute atomic E-state index is 5.41. The van der Waals surface area contributed by atoms with Gasteiger partial charge < -0.3 is 14.8 Å². The Morgan fingerprint density at radius 3 is 3.00 bits per heavy atom. The van der Waals surface area contributed by atoms with E-state index in [1.807, 2.05) is 0 Å². The van der Waals surface area contributed by atoms with E-state index in [0.29, 0.717) is 6.79 Å². The van der Waals surface area contributed by atoms with Gasteiger partial charge in [0.15, 0.2) is 11.5 Å². The zero-order valence-corrected chi connectivity index (χ0v) is 12.0. The molecule has 0 bridgehead atoms. The van der Waals surface area contributed by atoms with Crippen molar-refractivity contribution in [2.45, 2.75) is 32.2 Å². The molecule has 0 amide bonds. The maximum Gasteiger partial charge on any atom is 0.231 e. The standard InChI is InChI=1S/C14H18BrNO2/c15-12-6-11(7-13-14(12)18-9-17-13)8-16-5-1-2-10-3-4-10/h6-7,10,16H,1-5,8-9H2. The second-order valence-corrected chi connectivity index (χ2v) is 5.93. The van der Waals surface area contributed by atoms with Crippen LogP contribution in [0.3, 0.4) is 0 Å². The molecule has 3 rings (SSSR count). The Morgan fingerprint density at radius 1 is 1.28 bits per heavy atom. The van der Waals surface area contributed by atoms with E-state index >= 15 is 0 Å². The van der Waals surface area contributed by atoms with Gasteiger partial charge in [-0.25, -0.2) is 0 Å². The fraction of sp³-hybridized carbons (Fsp3) is 0.571. The van der Waals surface area contributed by atoms with Crippen molar-refractivity contribution in [1.29, 1.82) is 0 Å². The Bertz CT molecular complexity index is 432. The molecule has 98 valence electrons. The zero-order valence-electron chi connectivity index (χ0n) is 10.4. The van der Waals surface area contributed by atoms with Gasteiger partial charge in [0.05, 0.1) is 4.47 Å². The predicted octanol–water partition coefficient (Wildman–Crippen LogP) is 3.46. The predicted molar refractivity (Wildman–Crippen MR) is 73.9 cm³/mol. The van der Waals surface area contributed by atoms with E-state index in [9.17, 15) is 0 Å². The fourth-order valence-electron chi connectivity index (χ4n) is 2.28. The Balaban J connectivity index is 1.48. The van der Waals surface area contributed by atoms with Gasteiger partial charge in [-0.15, -0.1) is 0 Å². The Morgan fingerprint density at radius 2 is 2.17 bits per heavy atom. The van der Waals surface area contributed by atoms with Crippen molar-refractivity contribution < 1.29 is 9.47 Å². The van der Waals surface area contributed by atoms with Crippen LogP contribution in [0, 0.1) is 5.92 Å². The summed E-state index contributed by atoms with van der Waals surface area (Å²) in [6.07, 6.45) is 5.58. The largest absolute Gasteiger partial charge is 0.454 e. The molecule has 0 aromatic heterocycles. The molecule has 0 radical (unpaired) electrons. The van der Waals surface area contributed by atoms with Crippen LogP contribution in [0.5, 0.6) is 11.5 Å². The van der Waals surface area contributed by atoms with Crippen LogP contribution in [0.15, 0.2) is 16.6 Å². The van der Waals surface area contributed by atoms with E-state index in [4.69, 9.17) is 9.47 Å². The summed E-state index contributed by atoms with van der Waals surface area (Å²) in [4.78, 5) is 0. The SMILES string of the molecule is Brc1cc(CNCCCC2CC2)cc2c1OCO2. The molecule has 1 fully saturated rings. The second-order valence-electron chi connectivity index (χ2n) is 5.07. The molecule has 0 unspecified atom stereocenters. The maximum atomic E-state index is 5.41. The summed E-state index contributed by atoms with van der Waals surface area (Å²) < 4.78 is 11.8. The van der Waals surface area contributed by atoms with Crippen LogP contribution in [0.2, 0.25) is 0 Å². The Kier molecular flexibility index (Phi) is 3.75. The van der Waals surface area contributed by atoms with Crippen LogP contribution in [0.4, 0.5) is 0 Å². The van der Waals surface area contributed by atoms with Crippen molar-refractivity contribution in [2.24, 2.45) is 5.92 Å². The normalized spacial score (nSPS) is 17.2. The van der Waals surface area contributed by atoms with Gasteiger partial charge >= 0.3 is 0 Å². The number of nitrogens with one attached hydrogen (secondary N) is 1. The van der Waals surface area contributed by atoms with Crippen molar-refractivity contribution in [2.75, 3.05) is 13.3 Å². The molecule has 0 saturated heterocycles. The van der Waals surface area contributed by atoms with Crippen LogP contribution < -0.4 is 14.8 Å². The topological polar surface area (TPSA) is 30.5 Å². The quantitative estimate of drug-likeness (QED) is 0.816. The summed E-state index contributed by atoms with van der Waals surface area (Å²) >= 11 is 3.52. The molecule has 1 aliphatic carbocycles. The molecule has 1 saturated carbocycles. The van der Waals surface area contributed by atoms with Crippen LogP contribution in [-0.2, 0) is 6.54 Å². The van der Waals surface area contributed by atoms with Gasteiger partial charge in [0.2, 0.25) is 6.79 Å². The van der Waals surface area contributed by atoms with Gasteiger partial charge in [-0.1, -0.05) is 12.8 Å². The first kappa shape index (κ1) is 12.3. The number of hydrogen-bond acceptors (Lipinski definition) is 3. The van der Waals surface area contributed by atoms with Gasteiger partial charge in [-0.3, -0.25) is 0 Å². The summed E-state index contributed by atoms with van der Waals surface area (Å²) in [5, 5.41) is 3.49. The van der Waals surface area contributed by atoms with Gasteiger partial charge in [0.1, 0.15) is 0 Å². The van der Waals surface area contributed by atoms with Gasteiger partial charge in [-0.2, -0.15) is 0 Å². The monoisotopic (exact) mass is 311 g/mol. The second kappa shape index (κ2) is 5.49. The van der Waals surface area contributed by atoms with Crippen molar-refractivity contribution in [3.8, 4) is 11.5 Å². The summed E-state index contributed by atoms with van der Waals surface area (Å²) in [6.45, 7) is 2.31. The molecule has 1 N–H and O–H groups in total. The van der Waals surface area contributed by atoms with Crippen LogP contribution >= 0.6 is 15.9 Å². The molecule has 3 nitrogen and oxygen atoms in total. The number of rotatable bonds is 6. The highest BCUT2D eigenvalue weighted by Gasteiger charge is 2.20. The third-order valence-electron chi connectivity index (χ3n) is 3.48. The molecule has 4 heteroatoms.